The van der Waals surface area contributed by atoms with Crippen molar-refractivity contribution in [1.82, 2.24) is 4.72 Å². The van der Waals surface area contributed by atoms with E-state index in [-0.39, 0.29) is 17.3 Å². The number of nitrogens with zero attached hydrogens (tertiary/aromatic N) is 1. The van der Waals surface area contributed by atoms with Crippen LogP contribution in [0.5, 0.6) is 11.5 Å². The van der Waals surface area contributed by atoms with Gasteiger partial charge in [0.1, 0.15) is 0 Å². The fourth-order valence-corrected chi connectivity index (χ4v) is 5.54. The Morgan fingerprint density at radius 2 is 1.84 bits per heavy atom. The van der Waals surface area contributed by atoms with Gasteiger partial charge >= 0.3 is 0 Å². The van der Waals surface area contributed by atoms with Gasteiger partial charge in [0.2, 0.25) is 15.9 Å². The molecule has 7 nitrogen and oxygen atoms in total. The van der Waals surface area contributed by atoms with Crippen molar-refractivity contribution in [3.8, 4) is 11.5 Å². The number of nitrogens with one attached hydrogen (secondary N) is 1. The molecule has 0 saturated carbocycles. The van der Waals surface area contributed by atoms with Crippen LogP contribution in [0.1, 0.15) is 32.8 Å². The van der Waals surface area contributed by atoms with E-state index < -0.39 is 10.0 Å². The Morgan fingerprint density at radius 1 is 1.09 bits per heavy atom. The number of thioether (sulfide) groups is 1. The summed E-state index contributed by atoms with van der Waals surface area (Å²) in [4.78, 5) is 14.8. The number of anilines is 1. The van der Waals surface area contributed by atoms with Crippen molar-refractivity contribution in [2.45, 2.75) is 43.4 Å². The number of amides is 1. The number of hydrogen-bond acceptors (Lipinski definition) is 6. The summed E-state index contributed by atoms with van der Waals surface area (Å²) in [6, 6.07) is 10.6. The van der Waals surface area contributed by atoms with Gasteiger partial charge in [-0.25, -0.2) is 13.1 Å². The van der Waals surface area contributed by atoms with Gasteiger partial charge in [-0.2, -0.15) is 0 Å². The van der Waals surface area contributed by atoms with Gasteiger partial charge in [-0.3, -0.25) is 4.79 Å². The Morgan fingerprint density at radius 3 is 2.56 bits per heavy atom. The van der Waals surface area contributed by atoms with E-state index in [1.807, 2.05) is 32.0 Å². The summed E-state index contributed by atoms with van der Waals surface area (Å²) in [6.07, 6.45) is 1.37. The first-order valence-electron chi connectivity index (χ1n) is 10.8. The second kappa shape index (κ2) is 11.1. The summed E-state index contributed by atoms with van der Waals surface area (Å²) in [6.45, 7) is 7.21. The van der Waals surface area contributed by atoms with E-state index in [4.69, 9.17) is 9.47 Å². The molecule has 2 aromatic carbocycles. The highest BCUT2D eigenvalue weighted by Crippen LogP contribution is 2.35. The summed E-state index contributed by atoms with van der Waals surface area (Å²) >= 11 is 1.64. The predicted octanol–water partition coefficient (Wildman–Crippen LogP) is 3.85. The van der Waals surface area contributed by atoms with Crippen molar-refractivity contribution < 1.29 is 22.7 Å². The minimum Gasteiger partial charge on any atom is -0.490 e. The molecular formula is C23H30N2O5S2. The van der Waals surface area contributed by atoms with Crippen molar-refractivity contribution in [2.24, 2.45) is 0 Å². The summed E-state index contributed by atoms with van der Waals surface area (Å²) in [5.74, 6) is 2.14. The minimum absolute atomic E-state index is 0.0862. The highest BCUT2D eigenvalue weighted by Gasteiger charge is 2.22. The van der Waals surface area contributed by atoms with Crippen LogP contribution in [0, 0.1) is 0 Å². The molecule has 0 aromatic heterocycles. The molecule has 0 saturated heterocycles. The predicted molar refractivity (Wildman–Crippen MR) is 127 cm³/mol. The second-order valence-corrected chi connectivity index (χ2v) is 10.2. The van der Waals surface area contributed by atoms with Gasteiger partial charge in [0.25, 0.3) is 0 Å². The first kappa shape index (κ1) is 24.4. The molecule has 1 aliphatic rings. The molecule has 1 aliphatic heterocycles. The zero-order chi connectivity index (χ0) is 23.1. The molecule has 9 heteroatoms. The molecule has 2 aromatic rings. The van der Waals surface area contributed by atoms with Gasteiger partial charge in [-0.05, 0) is 68.3 Å². The van der Waals surface area contributed by atoms with Crippen molar-refractivity contribution in [1.29, 1.82) is 0 Å². The monoisotopic (exact) mass is 478 g/mol. The maximum absolute atomic E-state index is 12.9. The zero-order valence-electron chi connectivity index (χ0n) is 18.7. The number of sulfonamides is 1. The molecule has 1 heterocycles. The number of benzene rings is 2. The third-order valence-corrected chi connectivity index (χ3v) is 7.62. The highest BCUT2D eigenvalue weighted by atomic mass is 32.2. The van der Waals surface area contributed by atoms with Crippen LogP contribution >= 0.6 is 11.8 Å². The molecule has 0 fully saturated rings. The van der Waals surface area contributed by atoms with Crippen LogP contribution in [-0.4, -0.2) is 46.4 Å². The average Bonchev–Trinajstić information content (AvgIpc) is 2.98. The first-order chi connectivity index (χ1) is 15.4. The van der Waals surface area contributed by atoms with Crippen LogP contribution in [-0.2, 0) is 21.2 Å². The van der Waals surface area contributed by atoms with Gasteiger partial charge in [0, 0.05) is 24.9 Å². The Balaban J connectivity index is 1.72. The molecular weight excluding hydrogens is 448 g/mol. The number of fused-ring (bicyclic) bond motifs is 1. The van der Waals surface area contributed by atoms with E-state index in [0.29, 0.717) is 43.4 Å². The molecule has 32 heavy (non-hydrogen) atoms. The fraction of sp³-hybridized carbons (Fsp3) is 0.435. The van der Waals surface area contributed by atoms with Crippen LogP contribution in [0.4, 0.5) is 5.69 Å². The van der Waals surface area contributed by atoms with E-state index in [1.54, 1.807) is 34.9 Å². The Kier molecular flexibility index (Phi) is 8.44. The normalized spacial score (nSPS) is 13.9. The quantitative estimate of drug-likeness (QED) is 0.589. The van der Waals surface area contributed by atoms with Gasteiger partial charge in [-0.15, -0.1) is 11.8 Å². The van der Waals surface area contributed by atoms with Crippen LogP contribution in [0.3, 0.4) is 0 Å². The number of hydrogen-bond donors (Lipinski definition) is 1. The summed E-state index contributed by atoms with van der Waals surface area (Å²) in [5.41, 5.74) is 1.61. The Bertz CT molecular complexity index is 1060. The number of carbonyl (C=O) groups is 1. The topological polar surface area (TPSA) is 84.9 Å². The minimum atomic E-state index is -3.72. The molecule has 0 spiro atoms. The average molecular weight is 479 g/mol. The summed E-state index contributed by atoms with van der Waals surface area (Å²) < 4.78 is 39.7. The molecule has 0 atom stereocenters. The van der Waals surface area contributed by atoms with E-state index in [2.05, 4.69) is 4.72 Å². The number of ether oxygens (including phenoxy) is 2. The maximum Gasteiger partial charge on any atom is 0.240 e. The fourth-order valence-electron chi connectivity index (χ4n) is 3.51. The van der Waals surface area contributed by atoms with E-state index in [9.17, 15) is 13.2 Å². The third kappa shape index (κ3) is 5.96. The zero-order valence-corrected chi connectivity index (χ0v) is 20.4. The standard InChI is InChI=1S/C23H30N2O5S2/c1-4-29-21-9-7-18(15-22(21)30-5-2)11-12-24-32(27,28)19-8-10-23-20(16-19)25(17(3)26)13-6-14-31-23/h7-10,15-16,24H,4-6,11-14H2,1-3H3. The van der Waals surface area contributed by atoms with Crippen molar-refractivity contribution in [3.63, 3.8) is 0 Å². The molecule has 1 N–H and O–H groups in total. The van der Waals surface area contributed by atoms with Crippen molar-refractivity contribution in [3.05, 3.63) is 42.0 Å². The lowest BCUT2D eigenvalue weighted by atomic mass is 10.1. The van der Waals surface area contributed by atoms with Crippen molar-refractivity contribution >= 4 is 33.4 Å². The van der Waals surface area contributed by atoms with Gasteiger partial charge in [0.05, 0.1) is 23.8 Å². The molecule has 0 radical (unpaired) electrons. The third-order valence-electron chi connectivity index (χ3n) is 5.01. The second-order valence-electron chi connectivity index (χ2n) is 7.30. The highest BCUT2D eigenvalue weighted by molar-refractivity contribution is 7.99. The summed E-state index contributed by atoms with van der Waals surface area (Å²) in [7, 11) is -3.72. The largest absolute Gasteiger partial charge is 0.490 e. The lowest BCUT2D eigenvalue weighted by molar-refractivity contribution is -0.116. The van der Waals surface area contributed by atoms with E-state index >= 15 is 0 Å². The van der Waals surface area contributed by atoms with E-state index in [0.717, 1.165) is 22.6 Å². The van der Waals surface area contributed by atoms with Gasteiger partial charge in [-0.1, -0.05) is 6.07 Å². The molecule has 3 rings (SSSR count). The van der Waals surface area contributed by atoms with Crippen LogP contribution in [0.25, 0.3) is 0 Å². The Labute approximate surface area is 194 Å². The van der Waals surface area contributed by atoms with Crippen LogP contribution in [0.15, 0.2) is 46.2 Å². The maximum atomic E-state index is 12.9. The number of carbonyl (C=O) groups excluding carboxylic acids is 1. The molecule has 0 unspecified atom stereocenters. The SMILES string of the molecule is CCOc1ccc(CCNS(=O)(=O)c2ccc3c(c2)N(C(C)=O)CCCS3)cc1OCC. The van der Waals surface area contributed by atoms with Crippen LogP contribution in [0.2, 0.25) is 0 Å². The number of rotatable bonds is 9. The Hall–Kier alpha value is -2.23. The van der Waals surface area contributed by atoms with Gasteiger partial charge in [0.15, 0.2) is 11.5 Å². The smallest absolute Gasteiger partial charge is 0.240 e. The lowest BCUT2D eigenvalue weighted by Crippen LogP contribution is -2.30. The molecule has 0 aliphatic carbocycles. The van der Waals surface area contributed by atoms with Gasteiger partial charge < -0.3 is 14.4 Å². The van der Waals surface area contributed by atoms with Crippen LogP contribution < -0.4 is 19.1 Å². The lowest BCUT2D eigenvalue weighted by Gasteiger charge is -2.21. The molecule has 0 bridgehead atoms. The summed E-state index contributed by atoms with van der Waals surface area (Å²) in [5, 5.41) is 0. The van der Waals surface area contributed by atoms with Crippen molar-refractivity contribution in [2.75, 3.05) is 37.0 Å². The molecule has 1 amide bonds. The molecule has 174 valence electrons. The van der Waals surface area contributed by atoms with E-state index in [1.165, 1.54) is 6.92 Å². The first-order valence-corrected chi connectivity index (χ1v) is 13.3.